The second-order valence-corrected chi connectivity index (χ2v) is 6.96. The van der Waals surface area contributed by atoms with Crippen molar-refractivity contribution in [1.82, 2.24) is 35.1 Å². The van der Waals surface area contributed by atoms with Gasteiger partial charge in [0.1, 0.15) is 5.69 Å². The Morgan fingerprint density at radius 2 is 1.37 bits per heavy atom. The maximum absolute atomic E-state index is 4.60. The predicted octanol–water partition coefficient (Wildman–Crippen LogP) is 4.63. The van der Waals surface area contributed by atoms with E-state index in [1.54, 1.807) is 24.8 Å². The second-order valence-electron chi connectivity index (χ2n) is 6.96. The van der Waals surface area contributed by atoms with Crippen LogP contribution in [-0.2, 0) is 0 Å². The number of aromatic nitrogens is 7. The van der Waals surface area contributed by atoms with Crippen molar-refractivity contribution >= 4 is 21.8 Å². The minimum Gasteiger partial charge on any atom is -0.353 e. The molecule has 0 saturated carbocycles. The van der Waals surface area contributed by atoms with Crippen molar-refractivity contribution in [2.75, 3.05) is 0 Å². The van der Waals surface area contributed by atoms with Gasteiger partial charge in [0.05, 0.1) is 28.8 Å². The Bertz CT molecular complexity index is 1480. The first-order valence-electron chi connectivity index (χ1n) is 9.50. The molecular formula is C23H15N7. The van der Waals surface area contributed by atoms with Crippen molar-refractivity contribution in [1.29, 1.82) is 0 Å². The van der Waals surface area contributed by atoms with E-state index in [1.165, 1.54) is 0 Å². The molecule has 6 heterocycles. The summed E-state index contributed by atoms with van der Waals surface area (Å²) in [5.74, 6) is 0. The van der Waals surface area contributed by atoms with Crippen molar-refractivity contribution < 1.29 is 0 Å². The van der Waals surface area contributed by atoms with Gasteiger partial charge in [0.2, 0.25) is 0 Å². The van der Waals surface area contributed by atoms with Crippen molar-refractivity contribution in [3.8, 4) is 33.9 Å². The summed E-state index contributed by atoms with van der Waals surface area (Å²) >= 11 is 0. The van der Waals surface area contributed by atoms with Gasteiger partial charge in [0.25, 0.3) is 0 Å². The van der Waals surface area contributed by atoms with Crippen molar-refractivity contribution in [3.63, 3.8) is 0 Å². The highest BCUT2D eigenvalue weighted by molar-refractivity contribution is 6.00. The van der Waals surface area contributed by atoms with Gasteiger partial charge in [-0.15, -0.1) is 0 Å². The van der Waals surface area contributed by atoms with Crippen LogP contribution >= 0.6 is 0 Å². The van der Waals surface area contributed by atoms with Crippen LogP contribution in [0.1, 0.15) is 0 Å². The SMILES string of the molecule is c1cc(-c2cc3c(-c4cc5c(-c6ccncc6)nccc5[nH]4)n[nH]c3cn2)ccn1. The minimum absolute atomic E-state index is 0.847. The van der Waals surface area contributed by atoms with E-state index in [2.05, 4.69) is 47.2 Å². The number of rotatable bonds is 3. The molecule has 6 rings (SSSR count). The van der Waals surface area contributed by atoms with E-state index in [-0.39, 0.29) is 0 Å². The van der Waals surface area contributed by atoms with Gasteiger partial charge in [0, 0.05) is 58.4 Å². The zero-order valence-electron chi connectivity index (χ0n) is 15.7. The normalized spacial score (nSPS) is 11.3. The quantitative estimate of drug-likeness (QED) is 0.460. The van der Waals surface area contributed by atoms with E-state index in [9.17, 15) is 0 Å². The number of nitrogens with one attached hydrogen (secondary N) is 2. The third kappa shape index (κ3) is 2.64. The van der Waals surface area contributed by atoms with Gasteiger partial charge in [-0.1, -0.05) is 0 Å². The van der Waals surface area contributed by atoms with Crippen LogP contribution in [0.25, 0.3) is 55.7 Å². The third-order valence-corrected chi connectivity index (χ3v) is 5.18. The van der Waals surface area contributed by atoms with Crippen LogP contribution in [0, 0.1) is 0 Å². The molecule has 0 aliphatic rings. The molecule has 0 bridgehead atoms. The summed E-state index contributed by atoms with van der Waals surface area (Å²) in [7, 11) is 0. The number of pyridine rings is 4. The molecular weight excluding hydrogens is 374 g/mol. The van der Waals surface area contributed by atoms with E-state index < -0.39 is 0 Å². The molecule has 142 valence electrons. The van der Waals surface area contributed by atoms with Crippen molar-refractivity contribution in [2.24, 2.45) is 0 Å². The fourth-order valence-corrected chi connectivity index (χ4v) is 3.72. The van der Waals surface area contributed by atoms with Gasteiger partial charge in [0.15, 0.2) is 0 Å². The number of hydrogen-bond donors (Lipinski definition) is 2. The molecule has 0 saturated heterocycles. The Labute approximate surface area is 170 Å². The van der Waals surface area contributed by atoms with Crippen molar-refractivity contribution in [2.45, 2.75) is 0 Å². The van der Waals surface area contributed by atoms with E-state index >= 15 is 0 Å². The lowest BCUT2D eigenvalue weighted by Crippen LogP contribution is -1.84. The highest BCUT2D eigenvalue weighted by atomic mass is 15.1. The molecule has 0 unspecified atom stereocenters. The van der Waals surface area contributed by atoms with Crippen LogP contribution in [0.2, 0.25) is 0 Å². The molecule has 0 aromatic carbocycles. The molecule has 2 N–H and O–H groups in total. The first-order chi connectivity index (χ1) is 14.9. The summed E-state index contributed by atoms with van der Waals surface area (Å²) in [5, 5.41) is 9.69. The zero-order chi connectivity index (χ0) is 19.9. The monoisotopic (exact) mass is 389 g/mol. The molecule has 0 radical (unpaired) electrons. The van der Waals surface area contributed by atoms with Crippen LogP contribution in [0.3, 0.4) is 0 Å². The predicted molar refractivity (Wildman–Crippen MR) is 115 cm³/mol. The Hall–Kier alpha value is -4.39. The lowest BCUT2D eigenvalue weighted by molar-refractivity contribution is 1.11. The fraction of sp³-hybridized carbons (Fsp3) is 0. The Morgan fingerprint density at radius 3 is 2.17 bits per heavy atom. The number of fused-ring (bicyclic) bond motifs is 2. The number of aromatic amines is 2. The fourth-order valence-electron chi connectivity index (χ4n) is 3.72. The van der Waals surface area contributed by atoms with E-state index in [0.29, 0.717) is 0 Å². The molecule has 0 spiro atoms. The average Bonchev–Trinajstić information content (AvgIpc) is 3.43. The Balaban J connectivity index is 1.52. The molecule has 0 atom stereocenters. The minimum atomic E-state index is 0.847. The number of H-pyrrole nitrogens is 2. The van der Waals surface area contributed by atoms with Gasteiger partial charge in [-0.3, -0.25) is 25.0 Å². The molecule has 6 aromatic heterocycles. The van der Waals surface area contributed by atoms with Gasteiger partial charge >= 0.3 is 0 Å². The molecule has 30 heavy (non-hydrogen) atoms. The third-order valence-electron chi connectivity index (χ3n) is 5.18. The molecule has 7 nitrogen and oxygen atoms in total. The smallest absolute Gasteiger partial charge is 0.116 e. The first-order valence-corrected chi connectivity index (χ1v) is 9.50. The van der Waals surface area contributed by atoms with Crippen LogP contribution in [0.5, 0.6) is 0 Å². The highest BCUT2D eigenvalue weighted by Crippen LogP contribution is 2.33. The van der Waals surface area contributed by atoms with Gasteiger partial charge < -0.3 is 4.98 Å². The lowest BCUT2D eigenvalue weighted by atomic mass is 10.1. The highest BCUT2D eigenvalue weighted by Gasteiger charge is 2.15. The summed E-state index contributed by atoms with van der Waals surface area (Å²) in [5.41, 5.74) is 7.49. The molecule has 6 aromatic rings. The summed E-state index contributed by atoms with van der Waals surface area (Å²) in [6.07, 6.45) is 10.7. The average molecular weight is 389 g/mol. The first kappa shape index (κ1) is 16.6. The standard InChI is InChI=1S/C23H15N7/c1-6-24-7-2-14(1)19-11-17-21(13-27-19)29-30-23(17)20-12-16-18(28-20)5-10-26-22(16)15-3-8-25-9-4-15/h1-13,28H,(H,29,30). The van der Waals surface area contributed by atoms with Gasteiger partial charge in [-0.05, 0) is 42.5 Å². The maximum atomic E-state index is 4.60. The van der Waals surface area contributed by atoms with E-state index in [4.69, 9.17) is 0 Å². The van der Waals surface area contributed by atoms with E-state index in [0.717, 1.165) is 55.7 Å². The number of nitrogens with zero attached hydrogens (tertiary/aromatic N) is 5. The van der Waals surface area contributed by atoms with Crippen LogP contribution in [0.15, 0.2) is 79.6 Å². The maximum Gasteiger partial charge on any atom is 0.116 e. The molecule has 7 heteroatoms. The topological polar surface area (TPSA) is 96.0 Å². The summed E-state index contributed by atoms with van der Waals surface area (Å²) in [6, 6.07) is 13.9. The summed E-state index contributed by atoms with van der Waals surface area (Å²) in [6.45, 7) is 0. The van der Waals surface area contributed by atoms with E-state index in [1.807, 2.05) is 42.7 Å². The molecule has 0 aliphatic heterocycles. The van der Waals surface area contributed by atoms with Crippen LogP contribution in [-0.4, -0.2) is 35.1 Å². The van der Waals surface area contributed by atoms with Crippen LogP contribution in [0.4, 0.5) is 0 Å². The van der Waals surface area contributed by atoms with Gasteiger partial charge in [-0.25, -0.2) is 0 Å². The van der Waals surface area contributed by atoms with Gasteiger partial charge in [-0.2, -0.15) is 5.10 Å². The Morgan fingerprint density at radius 1 is 0.633 bits per heavy atom. The van der Waals surface area contributed by atoms with Crippen LogP contribution < -0.4 is 0 Å². The zero-order valence-corrected chi connectivity index (χ0v) is 15.7. The van der Waals surface area contributed by atoms with Crippen molar-refractivity contribution in [3.05, 3.63) is 79.6 Å². The largest absolute Gasteiger partial charge is 0.353 e. The second kappa shape index (κ2) is 6.59. The molecule has 0 amide bonds. The summed E-state index contributed by atoms with van der Waals surface area (Å²) < 4.78 is 0. The summed E-state index contributed by atoms with van der Waals surface area (Å²) in [4.78, 5) is 20.8. The number of hydrogen-bond acceptors (Lipinski definition) is 5. The lowest BCUT2D eigenvalue weighted by Gasteiger charge is -2.01. The Kier molecular flexibility index (Phi) is 3.64. The molecule has 0 fully saturated rings. The molecule has 0 aliphatic carbocycles.